The quantitative estimate of drug-likeness (QED) is 0.169. The molecule has 0 aliphatic rings. The average Bonchev–Trinajstić information content (AvgIpc) is 3.91. The molecular weight excluding hydrogens is 751 g/mol. The second-order valence-corrected chi connectivity index (χ2v) is 16.1. The van der Waals surface area contributed by atoms with Crippen molar-refractivity contribution in [2.75, 3.05) is 0 Å². The molecule has 5 heteroatoms. The molecule has 0 aliphatic heterocycles. The van der Waals surface area contributed by atoms with E-state index in [1.54, 1.807) is 0 Å². The maximum atomic E-state index is 6.79. The van der Waals surface area contributed by atoms with E-state index in [1.165, 1.54) is 31.3 Å². The van der Waals surface area contributed by atoms with Gasteiger partial charge < -0.3 is 4.42 Å². The fourth-order valence-corrected chi connectivity index (χ4v) is 9.89. The predicted molar refractivity (Wildman–Crippen MR) is 250 cm³/mol. The van der Waals surface area contributed by atoms with Crippen LogP contribution in [0.1, 0.15) is 0 Å². The summed E-state index contributed by atoms with van der Waals surface area (Å²) < 4.78 is 9.27. The van der Waals surface area contributed by atoms with Crippen LogP contribution in [0.5, 0.6) is 0 Å². The topological polar surface area (TPSA) is 51.8 Å². The van der Waals surface area contributed by atoms with E-state index in [9.17, 15) is 0 Å². The average molecular weight is 784 g/mol. The molecular formula is C55H33N3OS. The summed E-state index contributed by atoms with van der Waals surface area (Å²) in [7, 11) is 0. The summed E-state index contributed by atoms with van der Waals surface area (Å²) in [6.45, 7) is 0. The van der Waals surface area contributed by atoms with Crippen LogP contribution in [0.4, 0.5) is 0 Å². The lowest BCUT2D eigenvalue weighted by molar-refractivity contribution is 0.669. The van der Waals surface area contributed by atoms with Crippen molar-refractivity contribution in [1.29, 1.82) is 0 Å². The van der Waals surface area contributed by atoms with Crippen molar-refractivity contribution in [2.45, 2.75) is 0 Å². The molecule has 0 radical (unpaired) electrons. The van der Waals surface area contributed by atoms with Crippen molar-refractivity contribution in [3.05, 3.63) is 200 Å². The third kappa shape index (κ3) is 5.70. The van der Waals surface area contributed by atoms with Gasteiger partial charge in [-0.15, -0.1) is 11.3 Å². The summed E-state index contributed by atoms with van der Waals surface area (Å²) in [5, 5.41) is 5.70. The molecule has 4 heterocycles. The summed E-state index contributed by atoms with van der Waals surface area (Å²) >= 11 is 1.81. The standard InChI is InChI=1S/C55H33N3OS/c1-3-14-34(15-4-1)35-28-30-36(31-29-35)40-22-13-25-45-50(40)51-44-21-7-9-26-48(44)59-53(51)52(56-45)39-19-11-18-38(32-39)46-33-47(58-55(57-46)37-16-5-2-6-17-37)43-24-12-23-42-41-20-8-10-27-49(41)60-54(42)43/h1-33H. The van der Waals surface area contributed by atoms with Gasteiger partial charge in [-0.1, -0.05) is 170 Å². The van der Waals surface area contributed by atoms with E-state index in [2.05, 4.69) is 170 Å². The normalized spacial score (nSPS) is 11.7. The van der Waals surface area contributed by atoms with Crippen LogP contribution in [0.3, 0.4) is 0 Å². The van der Waals surface area contributed by atoms with E-state index in [0.717, 1.165) is 83.3 Å². The van der Waals surface area contributed by atoms with Gasteiger partial charge >= 0.3 is 0 Å². The fraction of sp³-hybridized carbons (Fsp3) is 0. The van der Waals surface area contributed by atoms with E-state index in [4.69, 9.17) is 19.4 Å². The number of pyridine rings is 1. The monoisotopic (exact) mass is 783 g/mol. The van der Waals surface area contributed by atoms with E-state index < -0.39 is 0 Å². The van der Waals surface area contributed by atoms with Gasteiger partial charge in [-0.3, -0.25) is 0 Å². The van der Waals surface area contributed by atoms with Gasteiger partial charge in [-0.2, -0.15) is 0 Å². The second kappa shape index (κ2) is 14.0. The van der Waals surface area contributed by atoms with E-state index in [1.807, 2.05) is 41.7 Å². The number of hydrogen-bond donors (Lipinski definition) is 0. The van der Waals surface area contributed by atoms with Crippen molar-refractivity contribution in [3.8, 4) is 67.4 Å². The van der Waals surface area contributed by atoms with Crippen LogP contribution in [0, 0.1) is 0 Å². The highest BCUT2D eigenvalue weighted by Gasteiger charge is 2.21. The fourth-order valence-electron chi connectivity index (χ4n) is 8.66. The molecule has 60 heavy (non-hydrogen) atoms. The first kappa shape index (κ1) is 34.3. The van der Waals surface area contributed by atoms with Gasteiger partial charge in [0.1, 0.15) is 11.3 Å². The van der Waals surface area contributed by atoms with Crippen LogP contribution in [-0.4, -0.2) is 15.0 Å². The molecule has 12 aromatic rings. The molecule has 0 fully saturated rings. The molecule has 0 spiro atoms. The molecule has 0 saturated heterocycles. The number of nitrogens with zero attached hydrogens (tertiary/aromatic N) is 3. The zero-order chi connectivity index (χ0) is 39.6. The van der Waals surface area contributed by atoms with Gasteiger partial charge in [-0.05, 0) is 52.6 Å². The van der Waals surface area contributed by atoms with Gasteiger partial charge in [0.25, 0.3) is 0 Å². The van der Waals surface area contributed by atoms with Gasteiger partial charge in [-0.25, -0.2) is 15.0 Å². The maximum Gasteiger partial charge on any atom is 0.162 e. The molecule has 0 atom stereocenters. The van der Waals surface area contributed by atoms with E-state index >= 15 is 0 Å². The molecule has 0 saturated carbocycles. The van der Waals surface area contributed by atoms with Gasteiger partial charge in [0.05, 0.1) is 16.9 Å². The maximum absolute atomic E-state index is 6.79. The van der Waals surface area contributed by atoms with Crippen molar-refractivity contribution in [3.63, 3.8) is 0 Å². The Hall–Kier alpha value is -7.73. The number of furan rings is 1. The molecule has 0 bridgehead atoms. The Morgan fingerprint density at radius 1 is 0.383 bits per heavy atom. The van der Waals surface area contributed by atoms with Crippen LogP contribution in [0.15, 0.2) is 205 Å². The van der Waals surface area contributed by atoms with Gasteiger partial charge in [0.2, 0.25) is 0 Å². The Bertz CT molecular complexity index is 3590. The summed E-state index contributed by atoms with van der Waals surface area (Å²) in [6, 6.07) is 70.1. The number of para-hydroxylation sites is 1. The third-order valence-electron chi connectivity index (χ3n) is 11.5. The van der Waals surface area contributed by atoms with Crippen molar-refractivity contribution in [1.82, 2.24) is 15.0 Å². The highest BCUT2D eigenvalue weighted by molar-refractivity contribution is 7.26. The van der Waals surface area contributed by atoms with Gasteiger partial charge in [0, 0.05) is 58.6 Å². The minimum Gasteiger partial charge on any atom is -0.454 e. The van der Waals surface area contributed by atoms with Crippen molar-refractivity contribution >= 4 is 64.4 Å². The second-order valence-electron chi connectivity index (χ2n) is 15.1. The van der Waals surface area contributed by atoms with Crippen molar-refractivity contribution in [2.24, 2.45) is 0 Å². The Kier molecular flexibility index (Phi) is 8.00. The van der Waals surface area contributed by atoms with Gasteiger partial charge in [0.15, 0.2) is 11.4 Å². The Labute approximate surface area is 349 Å². The number of aromatic nitrogens is 3. The lowest BCUT2D eigenvalue weighted by Gasteiger charge is -2.13. The minimum atomic E-state index is 0.680. The van der Waals surface area contributed by atoms with E-state index in [-0.39, 0.29) is 0 Å². The summed E-state index contributed by atoms with van der Waals surface area (Å²) in [6.07, 6.45) is 0. The molecule has 4 nitrogen and oxygen atoms in total. The highest BCUT2D eigenvalue weighted by atomic mass is 32.1. The zero-order valence-electron chi connectivity index (χ0n) is 32.2. The first-order valence-corrected chi connectivity index (χ1v) is 20.9. The highest BCUT2D eigenvalue weighted by Crippen LogP contribution is 2.44. The lowest BCUT2D eigenvalue weighted by atomic mass is 9.94. The van der Waals surface area contributed by atoms with Crippen LogP contribution in [0.25, 0.3) is 120 Å². The molecule has 280 valence electrons. The number of benzene rings is 8. The van der Waals surface area contributed by atoms with Crippen LogP contribution >= 0.6 is 11.3 Å². The lowest BCUT2D eigenvalue weighted by Crippen LogP contribution is -1.96. The zero-order valence-corrected chi connectivity index (χ0v) is 33.0. The molecule has 0 N–H and O–H groups in total. The first-order valence-electron chi connectivity index (χ1n) is 20.1. The predicted octanol–water partition coefficient (Wildman–Crippen LogP) is 15.3. The number of hydrogen-bond acceptors (Lipinski definition) is 5. The molecule has 8 aromatic carbocycles. The van der Waals surface area contributed by atoms with E-state index in [0.29, 0.717) is 5.82 Å². The Morgan fingerprint density at radius 3 is 1.85 bits per heavy atom. The van der Waals surface area contributed by atoms with Crippen molar-refractivity contribution < 1.29 is 4.42 Å². The smallest absolute Gasteiger partial charge is 0.162 e. The summed E-state index contributed by atoms with van der Waals surface area (Å²) in [4.78, 5) is 15.9. The number of thiophene rings is 1. The summed E-state index contributed by atoms with van der Waals surface area (Å²) in [5.74, 6) is 0.680. The largest absolute Gasteiger partial charge is 0.454 e. The first-order chi connectivity index (χ1) is 29.7. The summed E-state index contributed by atoms with van der Waals surface area (Å²) in [5.41, 5.74) is 13.6. The Balaban J connectivity index is 1.04. The van der Waals surface area contributed by atoms with Crippen LogP contribution in [0.2, 0.25) is 0 Å². The molecule has 0 unspecified atom stereocenters. The number of rotatable bonds is 6. The molecule has 12 rings (SSSR count). The molecule has 4 aromatic heterocycles. The molecule has 0 amide bonds. The third-order valence-corrected chi connectivity index (χ3v) is 12.7. The Morgan fingerprint density at radius 2 is 1.00 bits per heavy atom. The van der Waals surface area contributed by atoms with Crippen LogP contribution in [-0.2, 0) is 0 Å². The number of fused-ring (bicyclic) bond motifs is 8. The minimum absolute atomic E-state index is 0.680. The SMILES string of the molecule is c1ccc(-c2ccc(-c3cccc4nc(-c5cccc(-c6cc(-c7cccc8c7sc7ccccc78)nc(-c7ccccc7)n6)c5)c5oc6ccccc6c5c34)cc2)cc1. The molecule has 0 aliphatic carbocycles. The van der Waals surface area contributed by atoms with Crippen LogP contribution < -0.4 is 0 Å².